The molecule has 0 aromatic carbocycles. The molecule has 1 atom stereocenters. The lowest BCUT2D eigenvalue weighted by Gasteiger charge is -2.18. The van der Waals surface area contributed by atoms with E-state index in [4.69, 9.17) is 0 Å². The van der Waals surface area contributed by atoms with Crippen molar-refractivity contribution in [3.8, 4) is 0 Å². The van der Waals surface area contributed by atoms with Gasteiger partial charge in [-0.25, -0.2) is 15.0 Å². The number of nitrogens with one attached hydrogen (secondary N) is 3. The van der Waals surface area contributed by atoms with Crippen LogP contribution < -0.4 is 15.5 Å². The third-order valence-corrected chi connectivity index (χ3v) is 3.98. The summed E-state index contributed by atoms with van der Waals surface area (Å²) in [5, 5.41) is 6.31. The van der Waals surface area contributed by atoms with Crippen LogP contribution in [0.3, 0.4) is 0 Å². The van der Waals surface area contributed by atoms with Gasteiger partial charge in [-0.1, -0.05) is 0 Å². The average molecular weight is 376 g/mol. The summed E-state index contributed by atoms with van der Waals surface area (Å²) in [6.45, 7) is 3.14. The highest BCUT2D eigenvalue weighted by Crippen LogP contribution is 2.17. The number of nitrogens with zero attached hydrogens (tertiary/aromatic N) is 4. The maximum atomic E-state index is 12.0. The number of imidazole rings is 1. The monoisotopic (exact) mass is 375 g/mol. The summed E-state index contributed by atoms with van der Waals surface area (Å²) in [4.78, 5) is 29.2. The number of fused-ring (bicyclic) bond motifs is 1. The smallest absolute Gasteiger partial charge is 0.239 e. The molecule has 1 unspecified atom stereocenters. The van der Waals surface area contributed by atoms with Gasteiger partial charge in [-0.15, -0.1) is 24.8 Å². The second kappa shape index (κ2) is 9.61. The number of likely N-dealkylation sites (N-methyl/N-ethyl adjacent to an activating group) is 1. The van der Waals surface area contributed by atoms with Crippen LogP contribution in [-0.2, 0) is 4.79 Å². The Hall–Kier alpha value is -1.64. The highest BCUT2D eigenvalue weighted by Gasteiger charge is 2.16. The minimum absolute atomic E-state index is 0. The summed E-state index contributed by atoms with van der Waals surface area (Å²) in [6, 6.07) is 0. The lowest BCUT2D eigenvalue weighted by Crippen LogP contribution is -2.36. The Bertz CT molecular complexity index is 645. The van der Waals surface area contributed by atoms with E-state index in [0.717, 1.165) is 31.6 Å². The molecule has 8 nitrogen and oxygen atoms in total. The van der Waals surface area contributed by atoms with Gasteiger partial charge in [0, 0.05) is 13.6 Å². The molecule has 1 saturated heterocycles. The van der Waals surface area contributed by atoms with Crippen LogP contribution in [0.1, 0.15) is 12.8 Å². The topological polar surface area (TPSA) is 98.8 Å². The lowest BCUT2D eigenvalue weighted by atomic mass is 10.1. The van der Waals surface area contributed by atoms with E-state index in [1.165, 1.54) is 12.7 Å². The summed E-state index contributed by atoms with van der Waals surface area (Å²) >= 11 is 0. The van der Waals surface area contributed by atoms with Gasteiger partial charge in [0.2, 0.25) is 5.91 Å². The van der Waals surface area contributed by atoms with Crippen LogP contribution in [-0.4, -0.2) is 59.1 Å². The number of hydrogen-bond donors (Lipinski definition) is 3. The Morgan fingerprint density at radius 1 is 1.38 bits per heavy atom. The van der Waals surface area contributed by atoms with E-state index in [2.05, 4.69) is 30.6 Å². The van der Waals surface area contributed by atoms with E-state index >= 15 is 0 Å². The number of rotatable bonds is 6. The Kier molecular flexibility index (Phi) is 8.17. The highest BCUT2D eigenvalue weighted by atomic mass is 35.5. The molecule has 0 saturated carbocycles. The summed E-state index contributed by atoms with van der Waals surface area (Å²) in [5.41, 5.74) is 1.35. The van der Waals surface area contributed by atoms with Gasteiger partial charge in [0.1, 0.15) is 11.8 Å². The number of anilines is 1. The zero-order valence-corrected chi connectivity index (χ0v) is 15.1. The van der Waals surface area contributed by atoms with E-state index < -0.39 is 0 Å². The van der Waals surface area contributed by atoms with Crippen molar-refractivity contribution < 1.29 is 4.79 Å². The summed E-state index contributed by atoms with van der Waals surface area (Å²) in [5.74, 6) is 1.36. The van der Waals surface area contributed by atoms with E-state index in [0.29, 0.717) is 17.4 Å². The van der Waals surface area contributed by atoms with Crippen molar-refractivity contribution in [3.05, 3.63) is 12.7 Å². The molecule has 10 heteroatoms. The van der Waals surface area contributed by atoms with Crippen molar-refractivity contribution in [1.29, 1.82) is 0 Å². The summed E-state index contributed by atoms with van der Waals surface area (Å²) < 4.78 is 0. The molecule has 1 fully saturated rings. The van der Waals surface area contributed by atoms with Crippen LogP contribution in [0.5, 0.6) is 0 Å². The number of aromatic amines is 1. The molecule has 0 radical (unpaired) electrons. The van der Waals surface area contributed by atoms with Crippen LogP contribution in [0.25, 0.3) is 11.2 Å². The van der Waals surface area contributed by atoms with E-state index in [-0.39, 0.29) is 37.3 Å². The number of aromatic nitrogens is 4. The number of H-pyrrole nitrogens is 1. The van der Waals surface area contributed by atoms with Gasteiger partial charge in [-0.05, 0) is 31.8 Å². The van der Waals surface area contributed by atoms with Gasteiger partial charge >= 0.3 is 0 Å². The molecule has 0 aliphatic carbocycles. The van der Waals surface area contributed by atoms with E-state index in [1.807, 2.05) is 7.05 Å². The van der Waals surface area contributed by atoms with Crippen LogP contribution >= 0.6 is 24.8 Å². The first-order valence-corrected chi connectivity index (χ1v) is 7.56. The molecular formula is C14H23Cl2N7O. The predicted molar refractivity (Wildman–Crippen MR) is 98.1 cm³/mol. The fraction of sp³-hybridized carbons (Fsp3) is 0.571. The van der Waals surface area contributed by atoms with E-state index in [9.17, 15) is 4.79 Å². The molecular weight excluding hydrogens is 353 g/mol. The number of hydrogen-bond acceptors (Lipinski definition) is 6. The van der Waals surface area contributed by atoms with Gasteiger partial charge in [-0.3, -0.25) is 4.79 Å². The Labute approximate surface area is 153 Å². The molecule has 1 aliphatic rings. The van der Waals surface area contributed by atoms with Gasteiger partial charge in [-0.2, -0.15) is 0 Å². The number of carbonyl (C=O) groups is 1. The Morgan fingerprint density at radius 2 is 2.21 bits per heavy atom. The zero-order valence-electron chi connectivity index (χ0n) is 13.5. The summed E-state index contributed by atoms with van der Waals surface area (Å²) in [7, 11) is 1.84. The van der Waals surface area contributed by atoms with Crippen LogP contribution in [0.2, 0.25) is 0 Å². The Morgan fingerprint density at radius 3 is 2.96 bits per heavy atom. The minimum Gasteiger partial charge on any atom is -0.355 e. The van der Waals surface area contributed by atoms with Crippen molar-refractivity contribution in [2.24, 2.45) is 5.92 Å². The second-order valence-electron chi connectivity index (χ2n) is 5.65. The standard InChI is InChI=1S/C14H21N7O.2ClH/c1-21(14-12-13(18-8-17-12)19-9-20-14)7-11(22)16-5-3-10-2-4-15-6-10;;/h8-10,15H,2-7H2,1H3,(H,16,22)(H,17,18,19,20);2*1H. The quantitative estimate of drug-likeness (QED) is 0.688. The average Bonchev–Trinajstić information content (AvgIpc) is 3.17. The third-order valence-electron chi connectivity index (χ3n) is 3.98. The molecule has 2 aromatic heterocycles. The molecule has 134 valence electrons. The fourth-order valence-electron chi connectivity index (χ4n) is 2.76. The predicted octanol–water partition coefficient (Wildman–Crippen LogP) is 0.748. The van der Waals surface area contributed by atoms with Crippen molar-refractivity contribution in [2.75, 3.05) is 38.1 Å². The highest BCUT2D eigenvalue weighted by molar-refractivity contribution is 5.87. The molecule has 3 rings (SSSR count). The van der Waals surface area contributed by atoms with Crippen LogP contribution in [0.4, 0.5) is 5.82 Å². The molecule has 24 heavy (non-hydrogen) atoms. The molecule has 1 aliphatic heterocycles. The third kappa shape index (κ3) is 4.93. The first kappa shape index (κ1) is 20.4. The first-order valence-electron chi connectivity index (χ1n) is 7.56. The number of carbonyl (C=O) groups excluding carboxylic acids is 1. The number of halogens is 2. The molecule has 1 amide bonds. The molecule has 3 heterocycles. The molecule has 2 aromatic rings. The van der Waals surface area contributed by atoms with Crippen LogP contribution in [0, 0.1) is 5.92 Å². The SMILES string of the molecule is CN(CC(=O)NCCC1CCNC1)c1ncnc2nc[nH]c12.Cl.Cl. The zero-order chi connectivity index (χ0) is 15.4. The minimum atomic E-state index is -0.000247. The van der Waals surface area contributed by atoms with Gasteiger partial charge in [0.15, 0.2) is 11.5 Å². The molecule has 0 bridgehead atoms. The maximum absolute atomic E-state index is 12.0. The maximum Gasteiger partial charge on any atom is 0.239 e. The molecule has 3 N–H and O–H groups in total. The largest absolute Gasteiger partial charge is 0.355 e. The fourth-order valence-corrected chi connectivity index (χ4v) is 2.76. The lowest BCUT2D eigenvalue weighted by molar-refractivity contribution is -0.119. The van der Waals surface area contributed by atoms with Crippen molar-refractivity contribution in [3.63, 3.8) is 0 Å². The van der Waals surface area contributed by atoms with Crippen molar-refractivity contribution in [2.45, 2.75) is 12.8 Å². The summed E-state index contributed by atoms with van der Waals surface area (Å²) in [6.07, 6.45) is 5.27. The van der Waals surface area contributed by atoms with Gasteiger partial charge in [0.25, 0.3) is 0 Å². The normalized spacial score (nSPS) is 16.3. The van der Waals surface area contributed by atoms with Gasteiger partial charge in [0.05, 0.1) is 12.9 Å². The van der Waals surface area contributed by atoms with Gasteiger partial charge < -0.3 is 20.5 Å². The van der Waals surface area contributed by atoms with Crippen molar-refractivity contribution >= 4 is 47.7 Å². The van der Waals surface area contributed by atoms with E-state index in [1.54, 1.807) is 11.2 Å². The number of amides is 1. The van der Waals surface area contributed by atoms with Crippen LogP contribution in [0.15, 0.2) is 12.7 Å². The second-order valence-corrected chi connectivity index (χ2v) is 5.65. The van der Waals surface area contributed by atoms with Crippen molar-refractivity contribution in [1.82, 2.24) is 30.6 Å². The molecule has 0 spiro atoms. The first-order chi connectivity index (χ1) is 10.7. The Balaban J connectivity index is 0.00000144.